The third kappa shape index (κ3) is 0.902. The fourth-order valence-corrected chi connectivity index (χ4v) is 0.947. The standard InChI is InChI=1S/C8H5NO2/c10-8-6-3-1-2-4-7(6)11-5-9-8/h1-5H/p+1. The molecule has 0 saturated carbocycles. The third-order valence-corrected chi connectivity index (χ3v) is 1.47. The Labute approximate surface area is 63.8 Å². The molecule has 0 saturated heterocycles. The first kappa shape index (κ1) is 6.09. The Morgan fingerprint density at radius 3 is 3.00 bits per heavy atom. The molecule has 0 atom stereocenters. The first-order chi connectivity index (χ1) is 5.38. The number of aromatic nitrogens is 1. The van der Waals surface area contributed by atoms with E-state index in [0.29, 0.717) is 11.0 Å². The molecule has 2 aromatic rings. The summed E-state index contributed by atoms with van der Waals surface area (Å²) in [6, 6.07) is 7.01. The first-order valence-electron chi connectivity index (χ1n) is 3.20. The summed E-state index contributed by atoms with van der Waals surface area (Å²) in [5, 5.41) is 0.523. The van der Waals surface area contributed by atoms with E-state index < -0.39 is 0 Å². The van der Waals surface area contributed by atoms with Gasteiger partial charge in [0.1, 0.15) is 5.58 Å². The van der Waals surface area contributed by atoms with Crippen LogP contribution in [0.1, 0.15) is 1.43 Å². The lowest BCUT2D eigenvalue weighted by atomic mass is 10.3. The van der Waals surface area contributed by atoms with Crippen LogP contribution < -0.4 is 5.56 Å². The highest BCUT2D eigenvalue weighted by Gasteiger charge is 1.96. The lowest BCUT2D eigenvalue weighted by Gasteiger charge is -1.90. The molecule has 1 aromatic carbocycles. The molecule has 2 rings (SSSR count). The molecule has 3 nitrogen and oxygen atoms in total. The van der Waals surface area contributed by atoms with Crippen molar-refractivity contribution in [2.24, 2.45) is 0 Å². The largest absolute Gasteiger partial charge is 1.00 e. The molecule has 0 amide bonds. The second kappa shape index (κ2) is 2.20. The van der Waals surface area contributed by atoms with E-state index in [1.807, 2.05) is 6.07 Å². The average Bonchev–Trinajstić information content (AvgIpc) is 2.06. The van der Waals surface area contributed by atoms with Crippen molar-refractivity contribution in [3.8, 4) is 0 Å². The summed E-state index contributed by atoms with van der Waals surface area (Å²) in [5.74, 6) is 0. The van der Waals surface area contributed by atoms with Gasteiger partial charge < -0.3 is 4.42 Å². The van der Waals surface area contributed by atoms with Gasteiger partial charge in [-0.3, -0.25) is 4.79 Å². The van der Waals surface area contributed by atoms with E-state index in [0.717, 1.165) is 6.39 Å². The second-order valence-electron chi connectivity index (χ2n) is 2.15. The summed E-state index contributed by atoms with van der Waals surface area (Å²) in [6.07, 6.45) is 1.16. The van der Waals surface area contributed by atoms with Gasteiger partial charge in [0.05, 0.1) is 5.39 Å². The molecular weight excluding hydrogens is 142 g/mol. The Morgan fingerprint density at radius 1 is 1.36 bits per heavy atom. The number of hydrogen-bond acceptors (Lipinski definition) is 3. The minimum atomic E-state index is -0.244. The highest BCUT2D eigenvalue weighted by atomic mass is 16.3. The predicted molar refractivity (Wildman–Crippen MR) is 41.4 cm³/mol. The van der Waals surface area contributed by atoms with Gasteiger partial charge in [-0.15, -0.1) is 0 Å². The van der Waals surface area contributed by atoms with Gasteiger partial charge >= 0.3 is 1.43 Å². The molecule has 54 valence electrons. The fraction of sp³-hybridized carbons (Fsp3) is 0. The topological polar surface area (TPSA) is 43.1 Å². The van der Waals surface area contributed by atoms with Crippen LogP contribution in [0.2, 0.25) is 0 Å². The minimum Gasteiger partial charge on any atom is -0.445 e. The van der Waals surface area contributed by atoms with E-state index in [4.69, 9.17) is 4.42 Å². The lowest BCUT2D eigenvalue weighted by molar-refractivity contribution is 0.576. The highest BCUT2D eigenvalue weighted by Crippen LogP contribution is 2.05. The van der Waals surface area contributed by atoms with Crippen molar-refractivity contribution >= 4 is 11.0 Å². The smallest absolute Gasteiger partial charge is 0.445 e. The molecule has 0 aliphatic carbocycles. The first-order valence-corrected chi connectivity index (χ1v) is 3.20. The van der Waals surface area contributed by atoms with Gasteiger partial charge in [0.2, 0.25) is 0 Å². The Kier molecular flexibility index (Phi) is 1.22. The zero-order valence-electron chi connectivity index (χ0n) is 6.65. The van der Waals surface area contributed by atoms with Crippen molar-refractivity contribution < 1.29 is 5.84 Å². The second-order valence-corrected chi connectivity index (χ2v) is 2.15. The average molecular weight is 148 g/mol. The lowest BCUT2D eigenvalue weighted by Crippen LogP contribution is -2.03. The van der Waals surface area contributed by atoms with Crippen LogP contribution in [0.5, 0.6) is 0 Å². The molecular formula is C8H6NO2+. The van der Waals surface area contributed by atoms with Gasteiger partial charge in [-0.2, -0.15) is 4.98 Å². The zero-order valence-corrected chi connectivity index (χ0v) is 5.65. The summed E-state index contributed by atoms with van der Waals surface area (Å²) in [5.41, 5.74) is 0.333. The van der Waals surface area contributed by atoms with Crippen molar-refractivity contribution in [2.75, 3.05) is 0 Å². The Balaban J connectivity index is 0.000000720. The molecule has 0 aliphatic heterocycles. The third-order valence-electron chi connectivity index (χ3n) is 1.47. The van der Waals surface area contributed by atoms with Crippen LogP contribution in [-0.2, 0) is 0 Å². The molecule has 0 spiro atoms. The van der Waals surface area contributed by atoms with Gasteiger partial charge in [0.25, 0.3) is 5.56 Å². The SMILES string of the molecule is O=c1ncoc2ccccc12.[H+]. The summed E-state index contributed by atoms with van der Waals surface area (Å²) < 4.78 is 4.98. The number of hydrogen-bond donors (Lipinski definition) is 0. The quantitative estimate of drug-likeness (QED) is 0.565. The van der Waals surface area contributed by atoms with Crippen molar-refractivity contribution in [3.63, 3.8) is 0 Å². The summed E-state index contributed by atoms with van der Waals surface area (Å²) in [4.78, 5) is 14.5. The van der Waals surface area contributed by atoms with Crippen LogP contribution >= 0.6 is 0 Å². The maximum atomic E-state index is 11.0. The number of fused-ring (bicyclic) bond motifs is 1. The van der Waals surface area contributed by atoms with E-state index in [-0.39, 0.29) is 6.99 Å². The maximum Gasteiger partial charge on any atom is 1.00 e. The summed E-state index contributed by atoms with van der Waals surface area (Å²) >= 11 is 0. The Morgan fingerprint density at radius 2 is 2.18 bits per heavy atom. The number of benzene rings is 1. The summed E-state index contributed by atoms with van der Waals surface area (Å²) in [7, 11) is 0. The predicted octanol–water partition coefficient (Wildman–Crippen LogP) is 1.30. The van der Waals surface area contributed by atoms with Crippen molar-refractivity contribution in [3.05, 3.63) is 41.0 Å². The van der Waals surface area contributed by atoms with Crippen LogP contribution in [0, 0.1) is 0 Å². The van der Waals surface area contributed by atoms with E-state index in [1.165, 1.54) is 0 Å². The van der Waals surface area contributed by atoms with Crippen LogP contribution in [0.25, 0.3) is 11.0 Å². The van der Waals surface area contributed by atoms with Crippen molar-refractivity contribution in [1.29, 1.82) is 0 Å². The van der Waals surface area contributed by atoms with Crippen LogP contribution in [0.15, 0.2) is 39.9 Å². The zero-order chi connectivity index (χ0) is 7.68. The van der Waals surface area contributed by atoms with Gasteiger partial charge in [-0.05, 0) is 12.1 Å². The number of nitrogens with zero attached hydrogens (tertiary/aromatic N) is 1. The van der Waals surface area contributed by atoms with Gasteiger partial charge in [0, 0.05) is 0 Å². The van der Waals surface area contributed by atoms with Crippen LogP contribution in [0.4, 0.5) is 0 Å². The molecule has 0 fully saturated rings. The molecule has 11 heavy (non-hydrogen) atoms. The maximum absolute atomic E-state index is 11.0. The number of para-hydroxylation sites is 1. The molecule has 0 unspecified atom stereocenters. The van der Waals surface area contributed by atoms with E-state index in [1.54, 1.807) is 18.2 Å². The van der Waals surface area contributed by atoms with Gasteiger partial charge in [-0.1, -0.05) is 12.1 Å². The Hall–Kier alpha value is -1.64. The molecule has 0 radical (unpaired) electrons. The van der Waals surface area contributed by atoms with Crippen molar-refractivity contribution in [1.82, 2.24) is 4.98 Å². The van der Waals surface area contributed by atoms with Gasteiger partial charge in [-0.25, -0.2) is 0 Å². The van der Waals surface area contributed by atoms with Crippen LogP contribution in [0.3, 0.4) is 0 Å². The Bertz CT molecular complexity index is 433. The normalized spacial score (nSPS) is 10.2. The minimum absolute atomic E-state index is 0. The fourth-order valence-electron chi connectivity index (χ4n) is 0.947. The molecule has 3 heteroatoms. The summed E-state index contributed by atoms with van der Waals surface area (Å²) in [6.45, 7) is 0. The molecule has 1 heterocycles. The molecule has 0 aliphatic rings. The highest BCUT2D eigenvalue weighted by molar-refractivity contribution is 5.74. The van der Waals surface area contributed by atoms with Crippen LogP contribution in [-0.4, -0.2) is 4.98 Å². The monoisotopic (exact) mass is 148 g/mol. The molecule has 0 bridgehead atoms. The molecule has 1 aromatic heterocycles. The van der Waals surface area contributed by atoms with E-state index in [2.05, 4.69) is 4.98 Å². The van der Waals surface area contributed by atoms with E-state index in [9.17, 15) is 4.79 Å². The van der Waals surface area contributed by atoms with Gasteiger partial charge in [0.15, 0.2) is 6.39 Å². The van der Waals surface area contributed by atoms with E-state index >= 15 is 0 Å². The number of rotatable bonds is 0. The molecule has 0 N–H and O–H groups in total. The van der Waals surface area contributed by atoms with Crippen molar-refractivity contribution in [2.45, 2.75) is 0 Å².